The lowest BCUT2D eigenvalue weighted by Gasteiger charge is -2.27. The first-order chi connectivity index (χ1) is 15.6. The van der Waals surface area contributed by atoms with Crippen molar-refractivity contribution in [1.29, 1.82) is 0 Å². The van der Waals surface area contributed by atoms with Gasteiger partial charge in [-0.2, -0.15) is 5.10 Å². The fourth-order valence-electron chi connectivity index (χ4n) is 3.79. The van der Waals surface area contributed by atoms with Crippen molar-refractivity contribution in [3.05, 3.63) is 45.2 Å². The van der Waals surface area contributed by atoms with Crippen LogP contribution in [0, 0.1) is 11.6 Å². The summed E-state index contributed by atoms with van der Waals surface area (Å²) in [5.41, 5.74) is 1.40. The molecule has 1 aromatic heterocycles. The number of nitrogens with zero attached hydrogens (tertiary/aromatic N) is 4. The number of hydrogen-bond acceptors (Lipinski definition) is 5. The summed E-state index contributed by atoms with van der Waals surface area (Å²) >= 11 is 2.97. The van der Waals surface area contributed by atoms with Gasteiger partial charge in [0.25, 0.3) is 5.91 Å². The minimum absolute atomic E-state index is 0.0181. The van der Waals surface area contributed by atoms with E-state index in [0.717, 1.165) is 11.1 Å². The van der Waals surface area contributed by atoms with Gasteiger partial charge in [-0.25, -0.2) is 18.6 Å². The van der Waals surface area contributed by atoms with Crippen LogP contribution in [0.3, 0.4) is 0 Å². The van der Waals surface area contributed by atoms with E-state index in [1.807, 2.05) is 0 Å². The molecular weight excluding hydrogens is 506 g/mol. The highest BCUT2D eigenvalue weighted by atomic mass is 79.9. The third-order valence-corrected chi connectivity index (χ3v) is 6.00. The summed E-state index contributed by atoms with van der Waals surface area (Å²) in [5.74, 6) is -2.33. The lowest BCUT2D eigenvalue weighted by Crippen LogP contribution is -2.40. The molecule has 0 bridgehead atoms. The van der Waals surface area contributed by atoms with E-state index in [1.54, 1.807) is 4.68 Å². The van der Waals surface area contributed by atoms with Crippen molar-refractivity contribution >= 4 is 39.5 Å². The molecule has 1 atom stereocenters. The molecule has 10 nitrogen and oxygen atoms in total. The highest BCUT2D eigenvalue weighted by Crippen LogP contribution is 2.28. The molecule has 2 N–H and O–H groups in total. The largest absolute Gasteiger partial charge is 0.354 e. The van der Waals surface area contributed by atoms with Crippen LogP contribution in [0.5, 0.6) is 0 Å². The zero-order valence-corrected chi connectivity index (χ0v) is 19.4. The van der Waals surface area contributed by atoms with E-state index in [2.05, 4.69) is 31.7 Å². The summed E-state index contributed by atoms with van der Waals surface area (Å²) in [6.07, 6.45) is -0.114. The maximum absolute atomic E-state index is 14.1. The number of carbonyl (C=O) groups is 3. The molecular formula is C20H21BrF2N6O4. The summed E-state index contributed by atoms with van der Waals surface area (Å²) in [6.45, 7) is 2.20. The van der Waals surface area contributed by atoms with E-state index in [1.165, 1.54) is 18.9 Å². The van der Waals surface area contributed by atoms with E-state index in [4.69, 9.17) is 4.84 Å². The van der Waals surface area contributed by atoms with Gasteiger partial charge in [-0.15, -0.1) is 0 Å². The first-order valence-corrected chi connectivity index (χ1v) is 10.9. The van der Waals surface area contributed by atoms with Gasteiger partial charge in [-0.3, -0.25) is 19.1 Å². The number of hydroxylamine groups is 2. The van der Waals surface area contributed by atoms with Crippen LogP contribution in [-0.2, 0) is 29.1 Å². The number of aromatic nitrogens is 2. The second-order valence-corrected chi connectivity index (χ2v) is 8.63. The smallest absolute Gasteiger partial charge is 0.322 e. The number of amides is 4. The predicted molar refractivity (Wildman–Crippen MR) is 115 cm³/mol. The number of nitrogens with one attached hydrogen (secondary N) is 2. The molecule has 33 heavy (non-hydrogen) atoms. The van der Waals surface area contributed by atoms with E-state index in [0.29, 0.717) is 36.0 Å². The molecule has 3 heterocycles. The highest BCUT2D eigenvalue weighted by molar-refractivity contribution is 9.10. The van der Waals surface area contributed by atoms with Gasteiger partial charge >= 0.3 is 6.03 Å². The maximum Gasteiger partial charge on any atom is 0.322 e. The molecule has 176 valence electrons. The molecule has 0 spiro atoms. The summed E-state index contributed by atoms with van der Waals surface area (Å²) in [4.78, 5) is 44.1. The van der Waals surface area contributed by atoms with Crippen LogP contribution in [0.1, 0.15) is 28.7 Å². The quantitative estimate of drug-likeness (QED) is 0.595. The minimum atomic E-state index is -0.902. The van der Waals surface area contributed by atoms with E-state index < -0.39 is 29.7 Å². The number of benzene rings is 1. The summed E-state index contributed by atoms with van der Waals surface area (Å²) in [5, 5.41) is 10.7. The molecule has 0 fully saturated rings. The van der Waals surface area contributed by atoms with Crippen molar-refractivity contribution in [2.45, 2.75) is 32.5 Å². The van der Waals surface area contributed by atoms with Gasteiger partial charge in [0.05, 0.1) is 28.9 Å². The molecule has 0 saturated carbocycles. The molecule has 4 rings (SSSR count). The number of carbonyl (C=O) groups excluding carboxylic acids is 3. The fraction of sp³-hybridized carbons (Fsp3) is 0.400. The van der Waals surface area contributed by atoms with Crippen LogP contribution >= 0.6 is 15.9 Å². The van der Waals surface area contributed by atoms with Crippen molar-refractivity contribution in [2.24, 2.45) is 0 Å². The van der Waals surface area contributed by atoms with Crippen molar-refractivity contribution in [1.82, 2.24) is 25.1 Å². The van der Waals surface area contributed by atoms with Crippen LogP contribution in [-0.4, -0.2) is 63.8 Å². The Labute approximate surface area is 195 Å². The Morgan fingerprint density at radius 1 is 1.30 bits per heavy atom. The molecule has 0 saturated heterocycles. The van der Waals surface area contributed by atoms with Crippen molar-refractivity contribution < 1.29 is 28.0 Å². The topological polar surface area (TPSA) is 109 Å². The van der Waals surface area contributed by atoms with Gasteiger partial charge in [0.2, 0.25) is 5.91 Å². The molecule has 0 aliphatic carbocycles. The Kier molecular flexibility index (Phi) is 6.34. The average molecular weight is 527 g/mol. The van der Waals surface area contributed by atoms with Crippen LogP contribution < -0.4 is 10.6 Å². The highest BCUT2D eigenvalue weighted by Gasteiger charge is 2.35. The summed E-state index contributed by atoms with van der Waals surface area (Å²) < 4.78 is 29.1. The van der Waals surface area contributed by atoms with Crippen LogP contribution in [0.25, 0.3) is 0 Å². The predicted octanol–water partition coefficient (Wildman–Crippen LogP) is 2.04. The monoisotopic (exact) mass is 526 g/mol. The van der Waals surface area contributed by atoms with E-state index in [9.17, 15) is 23.2 Å². The molecule has 2 aliphatic heterocycles. The molecule has 4 amide bonds. The summed E-state index contributed by atoms with van der Waals surface area (Å²) in [7, 11) is 1.47. The van der Waals surface area contributed by atoms with Crippen molar-refractivity contribution in [2.75, 3.05) is 25.5 Å². The van der Waals surface area contributed by atoms with Crippen LogP contribution in [0.2, 0.25) is 0 Å². The van der Waals surface area contributed by atoms with Crippen molar-refractivity contribution in [3.8, 4) is 0 Å². The van der Waals surface area contributed by atoms with E-state index >= 15 is 0 Å². The maximum atomic E-state index is 14.1. The second kappa shape index (κ2) is 9.06. The first kappa shape index (κ1) is 23.1. The Hall–Kier alpha value is -3.06. The Morgan fingerprint density at radius 2 is 2.06 bits per heavy atom. The summed E-state index contributed by atoms with van der Waals surface area (Å²) in [6, 6.07) is 1.24. The molecule has 13 heteroatoms. The SMILES string of the molecule is CC(=O)NCC1Cn2nc3c(c2C(=O)N(C)O1)CN(C(=O)Nc1cc(Br)c(F)cc1F)CC3. The first-order valence-electron chi connectivity index (χ1n) is 10.1. The van der Waals surface area contributed by atoms with Crippen molar-refractivity contribution in [3.63, 3.8) is 0 Å². The molecule has 2 aliphatic rings. The standard InChI is InChI=1S/C20H21BrF2N6O4/c1-10(30)24-7-11-8-29-18(19(31)27(2)33-11)12-9-28(4-3-16(12)26-29)20(32)25-17-5-13(21)14(22)6-15(17)23/h5-6,11H,3-4,7-9H2,1-2H3,(H,24,30)(H,25,32). The third-order valence-electron chi connectivity index (χ3n) is 5.39. The lowest BCUT2D eigenvalue weighted by molar-refractivity contribution is -0.148. The Morgan fingerprint density at radius 3 is 2.79 bits per heavy atom. The Bertz CT molecular complexity index is 1140. The van der Waals surface area contributed by atoms with Gasteiger partial charge in [0, 0.05) is 45.1 Å². The van der Waals surface area contributed by atoms with Gasteiger partial charge in [0.15, 0.2) is 0 Å². The normalized spacial score (nSPS) is 17.8. The number of anilines is 1. The zero-order valence-electron chi connectivity index (χ0n) is 17.8. The zero-order chi connectivity index (χ0) is 23.9. The van der Waals surface area contributed by atoms with Crippen LogP contribution in [0.15, 0.2) is 16.6 Å². The molecule has 1 unspecified atom stereocenters. The van der Waals surface area contributed by atoms with Crippen LogP contribution in [0.4, 0.5) is 19.3 Å². The third kappa shape index (κ3) is 4.69. The van der Waals surface area contributed by atoms with Gasteiger partial charge in [-0.1, -0.05) is 0 Å². The molecule has 1 aromatic carbocycles. The average Bonchev–Trinajstić information content (AvgIpc) is 3.06. The van der Waals surface area contributed by atoms with E-state index in [-0.39, 0.29) is 35.7 Å². The van der Waals surface area contributed by atoms with Gasteiger partial charge < -0.3 is 15.5 Å². The lowest BCUT2D eigenvalue weighted by atomic mass is 10.1. The second-order valence-electron chi connectivity index (χ2n) is 7.77. The number of halogens is 3. The van der Waals surface area contributed by atoms with Gasteiger partial charge in [0.1, 0.15) is 23.4 Å². The number of urea groups is 1. The molecule has 2 aromatic rings. The minimum Gasteiger partial charge on any atom is -0.354 e. The fourth-order valence-corrected chi connectivity index (χ4v) is 4.13. The number of hydrogen-bond donors (Lipinski definition) is 2. The Balaban J connectivity index is 1.55. The number of fused-ring (bicyclic) bond motifs is 3. The van der Waals surface area contributed by atoms with Gasteiger partial charge in [-0.05, 0) is 22.0 Å². The number of rotatable bonds is 3. The molecule has 0 radical (unpaired) electrons.